The monoisotopic (exact) mass is 380 g/mol. The largest absolute Gasteiger partial charge is 0.351 e. The highest BCUT2D eigenvalue weighted by Gasteiger charge is 2.43. The summed E-state index contributed by atoms with van der Waals surface area (Å²) in [4.78, 5) is 26.9. The fourth-order valence-corrected chi connectivity index (χ4v) is 3.83. The Morgan fingerprint density at radius 3 is 2.50 bits per heavy atom. The molecule has 1 N–H and O–H groups in total. The molecule has 3 rings (SSSR count). The first-order valence-corrected chi connectivity index (χ1v) is 9.46. The third kappa shape index (κ3) is 3.98. The summed E-state index contributed by atoms with van der Waals surface area (Å²) >= 11 is 0. The fraction of sp³-hybridized carbons (Fsp3) is 0.304. The van der Waals surface area contributed by atoms with Gasteiger partial charge in [0.1, 0.15) is 5.82 Å². The van der Waals surface area contributed by atoms with E-state index in [9.17, 15) is 14.0 Å². The first-order valence-electron chi connectivity index (χ1n) is 9.46. The van der Waals surface area contributed by atoms with Crippen molar-refractivity contribution < 1.29 is 14.0 Å². The van der Waals surface area contributed by atoms with Gasteiger partial charge < -0.3 is 10.2 Å². The topological polar surface area (TPSA) is 49.4 Å². The maximum Gasteiger partial charge on any atom is 0.245 e. The van der Waals surface area contributed by atoms with Crippen LogP contribution in [0.1, 0.15) is 29.5 Å². The van der Waals surface area contributed by atoms with Gasteiger partial charge in [-0.3, -0.25) is 9.59 Å². The van der Waals surface area contributed by atoms with Gasteiger partial charge in [0, 0.05) is 25.2 Å². The van der Waals surface area contributed by atoms with Crippen LogP contribution in [0.3, 0.4) is 0 Å². The molecule has 1 aliphatic rings. The van der Waals surface area contributed by atoms with Crippen LogP contribution in [0.4, 0.5) is 4.39 Å². The van der Waals surface area contributed by atoms with Crippen LogP contribution in [0, 0.1) is 12.7 Å². The predicted octanol–water partition coefficient (Wildman–Crippen LogP) is 3.50. The van der Waals surface area contributed by atoms with Crippen LogP contribution in [-0.2, 0) is 21.5 Å². The summed E-state index contributed by atoms with van der Waals surface area (Å²) in [6, 6.07) is 14.5. The minimum atomic E-state index is -0.737. The molecule has 2 aromatic carbocycles. The Balaban J connectivity index is 1.81. The maximum atomic E-state index is 14.1. The van der Waals surface area contributed by atoms with Gasteiger partial charge in [0.15, 0.2) is 0 Å². The van der Waals surface area contributed by atoms with E-state index in [0.717, 1.165) is 11.1 Å². The van der Waals surface area contributed by atoms with Gasteiger partial charge in [-0.25, -0.2) is 4.39 Å². The van der Waals surface area contributed by atoms with E-state index < -0.39 is 5.41 Å². The van der Waals surface area contributed by atoms with E-state index in [1.165, 1.54) is 12.1 Å². The third-order valence-electron chi connectivity index (χ3n) is 5.50. The zero-order valence-electron chi connectivity index (χ0n) is 16.1. The van der Waals surface area contributed by atoms with Crippen LogP contribution >= 0.6 is 0 Å². The molecule has 28 heavy (non-hydrogen) atoms. The summed E-state index contributed by atoms with van der Waals surface area (Å²) in [5.41, 5.74) is 1.60. The van der Waals surface area contributed by atoms with Crippen molar-refractivity contribution in [1.82, 2.24) is 10.2 Å². The molecular weight excluding hydrogens is 355 g/mol. The minimum absolute atomic E-state index is 0.121. The molecule has 0 spiro atoms. The second-order valence-corrected chi connectivity index (χ2v) is 7.26. The number of piperidine rings is 1. The summed E-state index contributed by atoms with van der Waals surface area (Å²) in [6.07, 6.45) is 2.33. The summed E-state index contributed by atoms with van der Waals surface area (Å²) in [5, 5.41) is 2.93. The average molecular weight is 380 g/mol. The molecule has 146 valence electrons. The molecule has 0 saturated carbocycles. The number of nitrogens with one attached hydrogen (secondary N) is 1. The molecule has 0 radical (unpaired) electrons. The fourth-order valence-electron chi connectivity index (χ4n) is 3.83. The van der Waals surface area contributed by atoms with Crippen molar-refractivity contribution in [2.45, 2.75) is 31.7 Å². The van der Waals surface area contributed by atoms with E-state index in [-0.39, 0.29) is 24.2 Å². The molecule has 0 unspecified atom stereocenters. The number of aryl methyl sites for hydroxylation is 1. The lowest BCUT2D eigenvalue weighted by molar-refractivity contribution is -0.134. The molecule has 5 heteroatoms. The van der Waals surface area contributed by atoms with Gasteiger partial charge in [-0.05, 0) is 37.5 Å². The highest BCUT2D eigenvalue weighted by molar-refractivity contribution is 5.90. The Bertz CT molecular complexity index is 871. The number of carbonyl (C=O) groups is 2. The van der Waals surface area contributed by atoms with Gasteiger partial charge in [0.2, 0.25) is 11.8 Å². The van der Waals surface area contributed by atoms with E-state index in [0.29, 0.717) is 31.5 Å². The third-order valence-corrected chi connectivity index (χ3v) is 5.50. The number of hydrogen-bond acceptors (Lipinski definition) is 2. The molecule has 1 aliphatic heterocycles. The number of nitrogens with zero attached hydrogens (tertiary/aromatic N) is 1. The molecule has 0 aromatic heterocycles. The Labute approximate surface area is 165 Å². The second-order valence-electron chi connectivity index (χ2n) is 7.26. The second kappa shape index (κ2) is 8.38. The molecule has 2 aromatic rings. The van der Waals surface area contributed by atoms with Crippen molar-refractivity contribution >= 4 is 11.8 Å². The van der Waals surface area contributed by atoms with Crippen LogP contribution in [0.25, 0.3) is 0 Å². The number of carbonyl (C=O) groups excluding carboxylic acids is 2. The number of rotatable bonds is 5. The number of amides is 2. The Morgan fingerprint density at radius 1 is 1.18 bits per heavy atom. The Morgan fingerprint density at radius 2 is 1.86 bits per heavy atom. The number of benzene rings is 2. The van der Waals surface area contributed by atoms with E-state index >= 15 is 0 Å². The van der Waals surface area contributed by atoms with Crippen LogP contribution in [0.15, 0.2) is 61.2 Å². The first-order chi connectivity index (χ1) is 13.5. The number of hydrogen-bond donors (Lipinski definition) is 1. The number of halogens is 1. The highest BCUT2D eigenvalue weighted by Crippen LogP contribution is 2.36. The zero-order chi connectivity index (χ0) is 20.1. The zero-order valence-corrected chi connectivity index (χ0v) is 16.1. The SMILES string of the molecule is C=CC(=O)N1CCC(C(=O)NCc2cc(C)ccc2F)(c2ccccc2)CC1. The molecule has 0 atom stereocenters. The molecule has 2 amide bonds. The van der Waals surface area contributed by atoms with Crippen LogP contribution in [-0.4, -0.2) is 29.8 Å². The predicted molar refractivity (Wildman–Crippen MR) is 107 cm³/mol. The van der Waals surface area contributed by atoms with E-state index in [1.54, 1.807) is 17.0 Å². The van der Waals surface area contributed by atoms with Crippen molar-refractivity contribution in [2.75, 3.05) is 13.1 Å². The summed E-state index contributed by atoms with van der Waals surface area (Å²) in [7, 11) is 0. The van der Waals surface area contributed by atoms with Crippen molar-refractivity contribution in [3.05, 3.63) is 83.7 Å². The first kappa shape index (κ1) is 19.8. The lowest BCUT2D eigenvalue weighted by Crippen LogP contribution is -2.52. The van der Waals surface area contributed by atoms with Crippen molar-refractivity contribution in [1.29, 1.82) is 0 Å². The quantitative estimate of drug-likeness (QED) is 0.807. The van der Waals surface area contributed by atoms with Gasteiger partial charge >= 0.3 is 0 Å². The summed E-state index contributed by atoms with van der Waals surface area (Å²) < 4.78 is 14.1. The van der Waals surface area contributed by atoms with Crippen LogP contribution in [0.2, 0.25) is 0 Å². The lowest BCUT2D eigenvalue weighted by atomic mass is 9.72. The van der Waals surface area contributed by atoms with Crippen molar-refractivity contribution in [3.8, 4) is 0 Å². The van der Waals surface area contributed by atoms with E-state index in [4.69, 9.17) is 0 Å². The van der Waals surface area contributed by atoms with Gasteiger partial charge in [-0.1, -0.05) is 54.6 Å². The lowest BCUT2D eigenvalue weighted by Gasteiger charge is -2.40. The van der Waals surface area contributed by atoms with Crippen LogP contribution < -0.4 is 5.32 Å². The highest BCUT2D eigenvalue weighted by atomic mass is 19.1. The smallest absolute Gasteiger partial charge is 0.245 e. The average Bonchev–Trinajstić information content (AvgIpc) is 2.74. The summed E-state index contributed by atoms with van der Waals surface area (Å²) in [6.45, 7) is 6.52. The molecular formula is C23H25FN2O2. The maximum absolute atomic E-state index is 14.1. The molecule has 1 fully saturated rings. The minimum Gasteiger partial charge on any atom is -0.351 e. The van der Waals surface area contributed by atoms with Crippen molar-refractivity contribution in [2.24, 2.45) is 0 Å². The van der Waals surface area contributed by atoms with Gasteiger partial charge in [0.25, 0.3) is 0 Å². The van der Waals surface area contributed by atoms with Crippen molar-refractivity contribution in [3.63, 3.8) is 0 Å². The number of likely N-dealkylation sites (tertiary alicyclic amines) is 1. The Kier molecular flexibility index (Phi) is 5.93. The molecule has 4 nitrogen and oxygen atoms in total. The molecule has 0 bridgehead atoms. The molecule has 1 heterocycles. The van der Waals surface area contributed by atoms with Crippen LogP contribution in [0.5, 0.6) is 0 Å². The van der Waals surface area contributed by atoms with E-state index in [1.807, 2.05) is 37.3 Å². The standard InChI is InChI=1S/C23H25FN2O2/c1-3-21(27)26-13-11-23(12-14-26,19-7-5-4-6-8-19)22(28)25-16-18-15-17(2)9-10-20(18)24/h3-10,15H,1,11-14,16H2,2H3,(H,25,28). The molecule has 0 aliphatic carbocycles. The van der Waals surface area contributed by atoms with Gasteiger partial charge in [-0.15, -0.1) is 0 Å². The van der Waals surface area contributed by atoms with Gasteiger partial charge in [-0.2, -0.15) is 0 Å². The normalized spacial score (nSPS) is 15.7. The summed E-state index contributed by atoms with van der Waals surface area (Å²) in [5.74, 6) is -0.583. The Hall–Kier alpha value is -2.95. The van der Waals surface area contributed by atoms with Gasteiger partial charge in [0.05, 0.1) is 5.41 Å². The molecule has 1 saturated heterocycles. The van der Waals surface area contributed by atoms with E-state index in [2.05, 4.69) is 11.9 Å².